The van der Waals surface area contributed by atoms with Crippen LogP contribution >= 0.6 is 23.4 Å². The van der Waals surface area contributed by atoms with Crippen LogP contribution in [0.25, 0.3) is 0 Å². The fraction of sp³-hybridized carbons (Fsp3) is 0.278. The van der Waals surface area contributed by atoms with Crippen molar-refractivity contribution < 1.29 is 19.4 Å². The number of carboxylic acids is 1. The molecule has 2 aromatic rings. The van der Waals surface area contributed by atoms with Crippen molar-refractivity contribution in [1.29, 1.82) is 0 Å². The zero-order chi connectivity index (χ0) is 17.6. The maximum absolute atomic E-state index is 11.1. The van der Waals surface area contributed by atoms with Gasteiger partial charge in [0, 0.05) is 11.3 Å². The minimum atomic E-state index is -0.832. The van der Waals surface area contributed by atoms with E-state index >= 15 is 0 Å². The first-order chi connectivity index (χ1) is 12.1. The molecule has 0 aliphatic carbocycles. The van der Waals surface area contributed by atoms with Crippen molar-refractivity contribution in [3.05, 3.63) is 59.1 Å². The van der Waals surface area contributed by atoms with E-state index < -0.39 is 12.0 Å². The molecule has 0 amide bonds. The van der Waals surface area contributed by atoms with Crippen molar-refractivity contribution in [2.75, 3.05) is 19.0 Å². The number of para-hydroxylation sites is 2. The quantitative estimate of drug-likeness (QED) is 0.716. The van der Waals surface area contributed by atoms with Crippen LogP contribution in [-0.4, -0.2) is 36.1 Å². The Balaban J connectivity index is 1.56. The minimum absolute atomic E-state index is 0.0956. The van der Waals surface area contributed by atoms with Gasteiger partial charge in [0.05, 0.1) is 10.4 Å². The second-order valence-corrected chi connectivity index (χ2v) is 6.98. The topological polar surface area (TPSA) is 67.8 Å². The molecule has 1 aliphatic rings. The van der Waals surface area contributed by atoms with Gasteiger partial charge in [-0.3, -0.25) is 10.1 Å². The summed E-state index contributed by atoms with van der Waals surface area (Å²) in [6.45, 7) is 0.725. The van der Waals surface area contributed by atoms with Crippen LogP contribution in [0.3, 0.4) is 0 Å². The van der Waals surface area contributed by atoms with Crippen LogP contribution in [0.5, 0.6) is 11.5 Å². The molecular weight excluding hydrogens is 362 g/mol. The average Bonchev–Trinajstić information content (AvgIpc) is 3.11. The summed E-state index contributed by atoms with van der Waals surface area (Å²) in [5.74, 6) is 1.05. The molecule has 0 spiro atoms. The van der Waals surface area contributed by atoms with E-state index in [9.17, 15) is 4.79 Å². The van der Waals surface area contributed by atoms with Gasteiger partial charge in [0.2, 0.25) is 0 Å². The van der Waals surface area contributed by atoms with E-state index in [0.29, 0.717) is 29.7 Å². The number of thioether (sulfide) groups is 1. The van der Waals surface area contributed by atoms with Gasteiger partial charge >= 0.3 is 5.97 Å². The molecule has 5 nitrogen and oxygen atoms in total. The lowest BCUT2D eigenvalue weighted by molar-refractivity contribution is -0.138. The predicted octanol–water partition coefficient (Wildman–Crippen LogP) is 3.59. The number of hydrogen-bond acceptors (Lipinski definition) is 5. The summed E-state index contributed by atoms with van der Waals surface area (Å²) in [5.41, 5.74) is 0.939. The Morgan fingerprint density at radius 2 is 1.76 bits per heavy atom. The number of ether oxygens (including phenoxy) is 2. The summed E-state index contributed by atoms with van der Waals surface area (Å²) < 4.78 is 11.5. The lowest BCUT2D eigenvalue weighted by atomic mass is 10.2. The van der Waals surface area contributed by atoms with Crippen LogP contribution in [-0.2, 0) is 4.79 Å². The van der Waals surface area contributed by atoms with E-state index in [2.05, 4.69) is 5.32 Å². The molecule has 1 heterocycles. The smallest absolute Gasteiger partial charge is 0.321 e. The zero-order valence-corrected chi connectivity index (χ0v) is 14.9. The summed E-state index contributed by atoms with van der Waals surface area (Å²) in [7, 11) is 0. The zero-order valence-electron chi connectivity index (χ0n) is 13.4. The van der Waals surface area contributed by atoms with Crippen molar-refractivity contribution in [3.63, 3.8) is 0 Å². The third kappa shape index (κ3) is 4.60. The highest BCUT2D eigenvalue weighted by atomic mass is 35.5. The largest absolute Gasteiger partial charge is 0.490 e. The van der Waals surface area contributed by atoms with Gasteiger partial charge in [-0.05, 0) is 18.2 Å². The maximum atomic E-state index is 11.1. The van der Waals surface area contributed by atoms with Gasteiger partial charge in [-0.25, -0.2) is 0 Å². The van der Waals surface area contributed by atoms with Crippen molar-refractivity contribution >= 4 is 29.3 Å². The number of carboxylic acid groups (broad SMARTS) is 1. The molecule has 1 fully saturated rings. The fourth-order valence-electron chi connectivity index (χ4n) is 2.49. The van der Waals surface area contributed by atoms with Gasteiger partial charge in [-0.15, -0.1) is 11.8 Å². The van der Waals surface area contributed by atoms with Crippen LogP contribution in [0.1, 0.15) is 10.9 Å². The van der Waals surface area contributed by atoms with Crippen LogP contribution < -0.4 is 14.8 Å². The van der Waals surface area contributed by atoms with Crippen molar-refractivity contribution in [2.24, 2.45) is 0 Å². The molecule has 0 bridgehead atoms. The van der Waals surface area contributed by atoms with Crippen LogP contribution in [0.2, 0.25) is 5.02 Å². The number of benzene rings is 2. The van der Waals surface area contributed by atoms with Crippen molar-refractivity contribution in [2.45, 2.75) is 11.4 Å². The summed E-state index contributed by atoms with van der Waals surface area (Å²) in [4.78, 5) is 11.1. The molecule has 2 aromatic carbocycles. The molecule has 132 valence electrons. The Hall–Kier alpha value is -1.89. The van der Waals surface area contributed by atoms with Gasteiger partial charge in [-0.1, -0.05) is 41.9 Å². The third-order valence-electron chi connectivity index (χ3n) is 3.72. The molecule has 7 heteroatoms. The normalized spacial score (nSPS) is 19.6. The first-order valence-electron chi connectivity index (χ1n) is 7.84. The molecule has 3 rings (SSSR count). The Morgan fingerprint density at radius 1 is 1.12 bits per heavy atom. The Morgan fingerprint density at radius 3 is 2.44 bits per heavy atom. The summed E-state index contributed by atoms with van der Waals surface area (Å²) in [6, 6.07) is 14.4. The summed E-state index contributed by atoms with van der Waals surface area (Å²) in [6.07, 6.45) is 0. The number of hydrogen-bond donors (Lipinski definition) is 2. The number of halogens is 1. The second-order valence-electron chi connectivity index (χ2n) is 5.44. The SMILES string of the molecule is O=C(O)C1CSC(c2ccccc2OCCOc2ccccc2Cl)N1. The molecule has 0 saturated carbocycles. The molecule has 0 radical (unpaired) electrons. The lowest BCUT2D eigenvalue weighted by Gasteiger charge is -2.17. The molecule has 25 heavy (non-hydrogen) atoms. The average molecular weight is 380 g/mol. The lowest BCUT2D eigenvalue weighted by Crippen LogP contribution is -2.33. The Kier molecular flexibility index (Phi) is 6.07. The van der Waals surface area contributed by atoms with E-state index in [0.717, 1.165) is 11.3 Å². The minimum Gasteiger partial charge on any atom is -0.490 e. The van der Waals surface area contributed by atoms with E-state index in [4.69, 9.17) is 26.2 Å². The fourth-order valence-corrected chi connectivity index (χ4v) is 3.94. The van der Waals surface area contributed by atoms with Gasteiger partial charge in [0.1, 0.15) is 30.8 Å². The van der Waals surface area contributed by atoms with E-state index in [-0.39, 0.29) is 5.37 Å². The van der Waals surface area contributed by atoms with Gasteiger partial charge < -0.3 is 14.6 Å². The number of aliphatic carboxylic acids is 1. The van der Waals surface area contributed by atoms with Crippen LogP contribution in [0.15, 0.2) is 48.5 Å². The standard InChI is InChI=1S/C18H18ClNO4S/c19-13-6-2-4-8-16(13)24-10-9-23-15-7-3-1-5-12(15)17-20-14(11-25-17)18(21)22/h1-8,14,17,20H,9-11H2,(H,21,22). The van der Waals surface area contributed by atoms with Crippen molar-refractivity contribution in [3.8, 4) is 11.5 Å². The van der Waals surface area contributed by atoms with E-state index in [1.54, 1.807) is 23.9 Å². The highest BCUT2D eigenvalue weighted by Crippen LogP contribution is 2.37. The molecule has 2 N–H and O–H groups in total. The first-order valence-corrected chi connectivity index (χ1v) is 9.27. The van der Waals surface area contributed by atoms with Crippen LogP contribution in [0, 0.1) is 0 Å². The second kappa shape index (κ2) is 8.47. The van der Waals surface area contributed by atoms with Gasteiger partial charge in [0.25, 0.3) is 0 Å². The number of carbonyl (C=O) groups is 1. The molecule has 2 atom stereocenters. The van der Waals surface area contributed by atoms with Gasteiger partial charge in [0.15, 0.2) is 0 Å². The highest BCUT2D eigenvalue weighted by Gasteiger charge is 2.31. The van der Waals surface area contributed by atoms with E-state index in [1.165, 1.54) is 0 Å². The molecule has 2 unspecified atom stereocenters. The van der Waals surface area contributed by atoms with Crippen LogP contribution in [0.4, 0.5) is 0 Å². The van der Waals surface area contributed by atoms with Gasteiger partial charge in [-0.2, -0.15) is 0 Å². The molecule has 0 aromatic heterocycles. The van der Waals surface area contributed by atoms with E-state index in [1.807, 2.05) is 36.4 Å². The molecular formula is C18H18ClNO4S. The first kappa shape index (κ1) is 17.9. The maximum Gasteiger partial charge on any atom is 0.321 e. The highest BCUT2D eigenvalue weighted by molar-refractivity contribution is 7.99. The third-order valence-corrected chi connectivity index (χ3v) is 5.28. The van der Waals surface area contributed by atoms with Crippen molar-refractivity contribution in [1.82, 2.24) is 5.32 Å². The number of nitrogens with one attached hydrogen (secondary N) is 1. The Bertz CT molecular complexity index is 743. The Labute approximate surface area is 155 Å². The monoisotopic (exact) mass is 379 g/mol. The molecule has 1 saturated heterocycles. The summed E-state index contributed by atoms with van der Waals surface area (Å²) in [5, 5.41) is 12.7. The molecule has 1 aliphatic heterocycles. The number of rotatable bonds is 7. The predicted molar refractivity (Wildman–Crippen MR) is 98.6 cm³/mol. The summed E-state index contributed by atoms with van der Waals surface area (Å²) >= 11 is 7.61.